The van der Waals surface area contributed by atoms with E-state index in [4.69, 9.17) is 17.3 Å². The van der Waals surface area contributed by atoms with Crippen LogP contribution in [0, 0.1) is 6.92 Å². The number of nitrogens with two attached hydrogens (primary N) is 1. The number of imidazole rings is 1. The molecule has 0 aliphatic heterocycles. The van der Waals surface area contributed by atoms with Crippen molar-refractivity contribution in [2.45, 2.75) is 6.92 Å². The monoisotopic (exact) mass is 334 g/mol. The lowest BCUT2D eigenvalue weighted by atomic mass is 10.0. The number of aromatic nitrogens is 3. The maximum absolute atomic E-state index is 6.06. The quantitative estimate of drug-likeness (QED) is 0.545. The van der Waals surface area contributed by atoms with Crippen molar-refractivity contribution in [2.75, 3.05) is 5.73 Å². The lowest BCUT2D eigenvalue weighted by molar-refractivity contribution is 1.17. The maximum atomic E-state index is 6.06. The molecule has 0 aliphatic rings. The topological polar surface area (TPSA) is 56.2 Å². The average molecular weight is 335 g/mol. The smallest absolute Gasteiger partial charge is 0.137 e. The Bertz CT molecular complexity index is 1050. The predicted molar refractivity (Wildman–Crippen MR) is 98.0 cm³/mol. The summed E-state index contributed by atoms with van der Waals surface area (Å²) in [5, 5.41) is 0.426. The van der Waals surface area contributed by atoms with Crippen LogP contribution in [-0.4, -0.2) is 14.4 Å². The molecule has 0 radical (unpaired) electrons. The van der Waals surface area contributed by atoms with Crippen LogP contribution < -0.4 is 5.73 Å². The first-order valence-corrected chi connectivity index (χ1v) is 7.95. The van der Waals surface area contributed by atoms with E-state index in [9.17, 15) is 0 Å². The van der Waals surface area contributed by atoms with E-state index in [1.165, 1.54) is 5.56 Å². The Labute approximate surface area is 144 Å². The fraction of sp³-hybridized carbons (Fsp3) is 0.0526. The third kappa shape index (κ3) is 2.51. The first-order chi connectivity index (χ1) is 11.6. The standard InChI is InChI=1S/C19H15ClN4/c1-12-5-6-24-17(11-23-19(24)7-12)14-4-2-3-13(8-14)15-9-18(20)22-10-16(15)21/h2-11H,21H2,1H3. The van der Waals surface area contributed by atoms with E-state index in [0.717, 1.165) is 28.0 Å². The van der Waals surface area contributed by atoms with Crippen molar-refractivity contribution in [3.8, 4) is 22.4 Å². The Hall–Kier alpha value is -2.85. The number of halogens is 1. The summed E-state index contributed by atoms with van der Waals surface area (Å²) in [6.07, 6.45) is 5.51. The molecule has 0 atom stereocenters. The van der Waals surface area contributed by atoms with Crippen LogP contribution in [0.5, 0.6) is 0 Å². The molecule has 0 saturated carbocycles. The van der Waals surface area contributed by atoms with Crippen molar-refractivity contribution in [1.29, 1.82) is 0 Å². The van der Waals surface area contributed by atoms with Gasteiger partial charge in [0.1, 0.15) is 10.8 Å². The predicted octanol–water partition coefficient (Wildman–Crippen LogP) is 4.61. The van der Waals surface area contributed by atoms with Crippen molar-refractivity contribution in [2.24, 2.45) is 0 Å². The molecule has 0 fully saturated rings. The van der Waals surface area contributed by atoms with Crippen LogP contribution in [0.15, 0.2) is 61.1 Å². The zero-order valence-electron chi connectivity index (χ0n) is 13.1. The van der Waals surface area contributed by atoms with E-state index in [-0.39, 0.29) is 0 Å². The van der Waals surface area contributed by atoms with E-state index in [0.29, 0.717) is 10.8 Å². The second kappa shape index (κ2) is 5.65. The number of nitrogen functional groups attached to an aromatic ring is 1. The van der Waals surface area contributed by atoms with Crippen molar-refractivity contribution < 1.29 is 0 Å². The van der Waals surface area contributed by atoms with Gasteiger partial charge in [0.15, 0.2) is 0 Å². The molecule has 1 aromatic carbocycles. The van der Waals surface area contributed by atoms with E-state index in [1.54, 1.807) is 12.3 Å². The van der Waals surface area contributed by atoms with Gasteiger partial charge in [-0.1, -0.05) is 29.8 Å². The number of aryl methyl sites for hydroxylation is 1. The number of pyridine rings is 2. The highest BCUT2D eigenvalue weighted by atomic mass is 35.5. The Morgan fingerprint density at radius 3 is 2.71 bits per heavy atom. The summed E-state index contributed by atoms with van der Waals surface area (Å²) in [5.41, 5.74) is 12.8. The van der Waals surface area contributed by atoms with Crippen LogP contribution in [0.4, 0.5) is 5.69 Å². The zero-order chi connectivity index (χ0) is 16.7. The molecule has 24 heavy (non-hydrogen) atoms. The number of fused-ring (bicyclic) bond motifs is 1. The number of hydrogen-bond donors (Lipinski definition) is 1. The van der Waals surface area contributed by atoms with Gasteiger partial charge in [-0.05, 0) is 42.3 Å². The van der Waals surface area contributed by atoms with E-state index >= 15 is 0 Å². The summed E-state index contributed by atoms with van der Waals surface area (Å²) in [7, 11) is 0. The molecular formula is C19H15ClN4. The number of anilines is 1. The highest BCUT2D eigenvalue weighted by Gasteiger charge is 2.09. The van der Waals surface area contributed by atoms with Gasteiger partial charge in [-0.3, -0.25) is 4.40 Å². The van der Waals surface area contributed by atoms with Crippen LogP contribution in [0.3, 0.4) is 0 Å². The van der Waals surface area contributed by atoms with Gasteiger partial charge in [-0.25, -0.2) is 9.97 Å². The first kappa shape index (κ1) is 14.7. The molecule has 118 valence electrons. The Kier molecular flexibility index (Phi) is 3.47. The van der Waals surface area contributed by atoms with Gasteiger partial charge in [0.05, 0.1) is 23.8 Å². The Morgan fingerprint density at radius 1 is 1.00 bits per heavy atom. The van der Waals surface area contributed by atoms with Gasteiger partial charge in [-0.15, -0.1) is 0 Å². The number of nitrogens with zero attached hydrogens (tertiary/aromatic N) is 3. The summed E-state index contributed by atoms with van der Waals surface area (Å²) in [4.78, 5) is 8.51. The van der Waals surface area contributed by atoms with E-state index in [1.807, 2.05) is 24.5 Å². The SMILES string of the molecule is Cc1ccn2c(-c3cccc(-c4cc(Cl)ncc4N)c3)cnc2c1. The molecule has 0 saturated heterocycles. The normalized spacial score (nSPS) is 11.1. The molecule has 2 N–H and O–H groups in total. The summed E-state index contributed by atoms with van der Waals surface area (Å²) in [6.45, 7) is 2.06. The molecule has 0 amide bonds. The van der Waals surface area contributed by atoms with E-state index in [2.05, 4.69) is 45.6 Å². The second-order valence-electron chi connectivity index (χ2n) is 5.75. The number of rotatable bonds is 2. The summed E-state index contributed by atoms with van der Waals surface area (Å²) in [6, 6.07) is 14.1. The summed E-state index contributed by atoms with van der Waals surface area (Å²) < 4.78 is 2.08. The minimum Gasteiger partial charge on any atom is -0.397 e. The van der Waals surface area contributed by atoms with Crippen molar-refractivity contribution in [3.63, 3.8) is 0 Å². The molecule has 4 rings (SSSR count). The van der Waals surface area contributed by atoms with Crippen LogP contribution in [0.2, 0.25) is 5.15 Å². The number of hydrogen-bond acceptors (Lipinski definition) is 3. The third-order valence-electron chi connectivity index (χ3n) is 4.04. The Balaban J connectivity index is 1.86. The largest absolute Gasteiger partial charge is 0.397 e. The van der Waals surface area contributed by atoms with Crippen LogP contribution >= 0.6 is 11.6 Å². The average Bonchev–Trinajstić information content (AvgIpc) is 3.00. The molecule has 0 aliphatic carbocycles. The fourth-order valence-corrected chi connectivity index (χ4v) is 2.99. The third-order valence-corrected chi connectivity index (χ3v) is 4.25. The molecule has 0 spiro atoms. The summed E-state index contributed by atoms with van der Waals surface area (Å²) >= 11 is 6.02. The van der Waals surface area contributed by atoms with Crippen molar-refractivity contribution in [1.82, 2.24) is 14.4 Å². The summed E-state index contributed by atoms with van der Waals surface area (Å²) in [5.74, 6) is 0. The minimum absolute atomic E-state index is 0.426. The number of benzene rings is 1. The molecule has 0 unspecified atom stereocenters. The zero-order valence-corrected chi connectivity index (χ0v) is 13.8. The van der Waals surface area contributed by atoms with Crippen LogP contribution in [0.25, 0.3) is 28.0 Å². The van der Waals surface area contributed by atoms with E-state index < -0.39 is 0 Å². The first-order valence-electron chi connectivity index (χ1n) is 7.57. The second-order valence-corrected chi connectivity index (χ2v) is 6.14. The molecule has 3 heterocycles. The molecule has 4 nitrogen and oxygen atoms in total. The van der Waals surface area contributed by atoms with Crippen molar-refractivity contribution >= 4 is 22.9 Å². The van der Waals surface area contributed by atoms with Crippen LogP contribution in [0.1, 0.15) is 5.56 Å². The van der Waals surface area contributed by atoms with Gasteiger partial charge < -0.3 is 5.73 Å². The molecule has 5 heteroatoms. The molecule has 4 aromatic rings. The minimum atomic E-state index is 0.426. The maximum Gasteiger partial charge on any atom is 0.137 e. The lowest BCUT2D eigenvalue weighted by Gasteiger charge is -2.08. The van der Waals surface area contributed by atoms with Gasteiger partial charge in [0.2, 0.25) is 0 Å². The molecule has 0 bridgehead atoms. The lowest BCUT2D eigenvalue weighted by Crippen LogP contribution is -1.93. The van der Waals surface area contributed by atoms with Gasteiger partial charge >= 0.3 is 0 Å². The fourth-order valence-electron chi connectivity index (χ4n) is 2.83. The highest BCUT2D eigenvalue weighted by Crippen LogP contribution is 2.31. The molecule has 3 aromatic heterocycles. The highest BCUT2D eigenvalue weighted by molar-refractivity contribution is 6.29. The molecular weight excluding hydrogens is 320 g/mol. The Morgan fingerprint density at radius 2 is 1.83 bits per heavy atom. The van der Waals surface area contributed by atoms with Crippen molar-refractivity contribution in [3.05, 3.63) is 71.8 Å². The van der Waals surface area contributed by atoms with Gasteiger partial charge in [0.25, 0.3) is 0 Å². The van der Waals surface area contributed by atoms with Gasteiger partial charge in [0, 0.05) is 17.3 Å². The van der Waals surface area contributed by atoms with Crippen LogP contribution in [-0.2, 0) is 0 Å². The van der Waals surface area contributed by atoms with Gasteiger partial charge in [-0.2, -0.15) is 0 Å².